The maximum atomic E-state index is 9.96. The van der Waals surface area contributed by atoms with Crippen LogP contribution in [-0.2, 0) is 0 Å². The average Bonchev–Trinajstić information content (AvgIpc) is 2.36. The topological polar surface area (TPSA) is 45.1 Å². The average molecular weight is 311 g/mol. The number of phenols is 1. The van der Waals surface area contributed by atoms with E-state index < -0.39 is 0 Å². The molecule has 0 aliphatic rings. The van der Waals surface area contributed by atoms with Gasteiger partial charge in [0.15, 0.2) is 5.15 Å². The monoisotopic (exact) mass is 310 g/mol. The van der Waals surface area contributed by atoms with E-state index in [0.717, 1.165) is 22.4 Å². The number of hydrogen-bond donors (Lipinski definition) is 2. The lowest BCUT2D eigenvalue weighted by Crippen LogP contribution is -2.09. The van der Waals surface area contributed by atoms with E-state index in [9.17, 15) is 5.11 Å². The molecule has 0 aliphatic carbocycles. The molecular formula is C15H16Cl2N2O. The van der Waals surface area contributed by atoms with Crippen LogP contribution in [-0.4, -0.2) is 10.1 Å². The van der Waals surface area contributed by atoms with Crippen LogP contribution >= 0.6 is 23.2 Å². The standard InChI is InChI=1S/C15H16Cl2N2O/c1-8-4-5-12(20)11(6-8)10(3)18-14-9(2)7-13(16)19-15(14)17/h4-7,10,18,20H,1-3H3. The second-order valence-electron chi connectivity index (χ2n) is 4.86. The first kappa shape index (κ1) is 14.9. The van der Waals surface area contributed by atoms with Gasteiger partial charge in [0.2, 0.25) is 0 Å². The van der Waals surface area contributed by atoms with Crippen LogP contribution in [0.2, 0.25) is 10.3 Å². The number of halogens is 2. The molecule has 3 nitrogen and oxygen atoms in total. The minimum Gasteiger partial charge on any atom is -0.508 e. The number of benzene rings is 1. The van der Waals surface area contributed by atoms with Crippen LogP contribution < -0.4 is 5.32 Å². The number of pyridine rings is 1. The Kier molecular flexibility index (Phi) is 4.41. The van der Waals surface area contributed by atoms with Crippen molar-refractivity contribution >= 4 is 28.9 Å². The lowest BCUT2D eigenvalue weighted by atomic mass is 10.0. The van der Waals surface area contributed by atoms with E-state index in [2.05, 4.69) is 10.3 Å². The summed E-state index contributed by atoms with van der Waals surface area (Å²) in [5.74, 6) is 0.256. The van der Waals surface area contributed by atoms with Crippen molar-refractivity contribution in [3.05, 3.63) is 51.3 Å². The number of aromatic nitrogens is 1. The predicted octanol–water partition coefficient (Wildman–Crippen LogP) is 4.88. The molecule has 20 heavy (non-hydrogen) atoms. The first-order chi connectivity index (χ1) is 9.38. The Balaban J connectivity index is 2.32. The van der Waals surface area contributed by atoms with Crippen LogP contribution in [0, 0.1) is 13.8 Å². The van der Waals surface area contributed by atoms with E-state index in [-0.39, 0.29) is 11.8 Å². The van der Waals surface area contributed by atoms with Gasteiger partial charge < -0.3 is 10.4 Å². The minimum absolute atomic E-state index is 0.103. The molecule has 0 saturated carbocycles. The molecule has 0 fully saturated rings. The van der Waals surface area contributed by atoms with Crippen LogP contribution in [0.1, 0.15) is 29.7 Å². The number of anilines is 1. The first-order valence-electron chi connectivity index (χ1n) is 6.27. The van der Waals surface area contributed by atoms with Crippen molar-refractivity contribution in [3.63, 3.8) is 0 Å². The molecule has 2 aromatic rings. The van der Waals surface area contributed by atoms with Crippen LogP contribution in [0.3, 0.4) is 0 Å². The lowest BCUT2D eigenvalue weighted by Gasteiger charge is -2.19. The zero-order valence-corrected chi connectivity index (χ0v) is 13.0. The van der Waals surface area contributed by atoms with E-state index in [1.54, 1.807) is 12.1 Å². The van der Waals surface area contributed by atoms with Crippen molar-refractivity contribution in [3.8, 4) is 5.75 Å². The summed E-state index contributed by atoms with van der Waals surface area (Å²) in [5, 5.41) is 13.9. The highest BCUT2D eigenvalue weighted by molar-refractivity contribution is 6.34. The van der Waals surface area contributed by atoms with Gasteiger partial charge in [-0.15, -0.1) is 0 Å². The van der Waals surface area contributed by atoms with E-state index >= 15 is 0 Å². The van der Waals surface area contributed by atoms with E-state index in [0.29, 0.717) is 10.3 Å². The SMILES string of the molecule is Cc1ccc(O)c(C(C)Nc2c(C)cc(Cl)nc2Cl)c1. The molecule has 0 bridgehead atoms. The third-order valence-electron chi connectivity index (χ3n) is 3.15. The molecule has 1 atom stereocenters. The number of aromatic hydroxyl groups is 1. The number of nitrogens with zero attached hydrogens (tertiary/aromatic N) is 1. The Morgan fingerprint density at radius 1 is 1.20 bits per heavy atom. The van der Waals surface area contributed by atoms with Gasteiger partial charge in [0, 0.05) is 5.56 Å². The first-order valence-corrected chi connectivity index (χ1v) is 7.02. The molecule has 0 aliphatic heterocycles. The zero-order chi connectivity index (χ0) is 14.9. The molecule has 0 amide bonds. The maximum Gasteiger partial charge on any atom is 0.154 e. The van der Waals surface area contributed by atoms with Gasteiger partial charge >= 0.3 is 0 Å². The number of rotatable bonds is 3. The van der Waals surface area contributed by atoms with E-state index in [1.165, 1.54) is 0 Å². The van der Waals surface area contributed by atoms with Crippen LogP contribution in [0.15, 0.2) is 24.3 Å². The van der Waals surface area contributed by atoms with Crippen molar-refractivity contribution in [2.24, 2.45) is 0 Å². The largest absolute Gasteiger partial charge is 0.508 e. The molecule has 2 N–H and O–H groups in total. The summed E-state index contributed by atoms with van der Waals surface area (Å²) in [6, 6.07) is 7.15. The zero-order valence-electron chi connectivity index (χ0n) is 11.5. The number of nitrogens with one attached hydrogen (secondary N) is 1. The van der Waals surface area contributed by atoms with Gasteiger partial charge in [0.05, 0.1) is 11.7 Å². The van der Waals surface area contributed by atoms with Gasteiger partial charge in [-0.05, 0) is 38.5 Å². The van der Waals surface area contributed by atoms with Crippen LogP contribution in [0.4, 0.5) is 5.69 Å². The fourth-order valence-corrected chi connectivity index (χ4v) is 2.67. The molecule has 5 heteroatoms. The van der Waals surface area contributed by atoms with Crippen LogP contribution in [0.5, 0.6) is 5.75 Å². The summed E-state index contributed by atoms with van der Waals surface area (Å²) in [6.07, 6.45) is 0. The summed E-state index contributed by atoms with van der Waals surface area (Å²) in [6.45, 7) is 5.85. The van der Waals surface area contributed by atoms with Crippen molar-refractivity contribution in [2.45, 2.75) is 26.8 Å². The second-order valence-corrected chi connectivity index (χ2v) is 5.60. The summed E-state index contributed by atoms with van der Waals surface area (Å²) in [5.41, 5.74) is 3.54. The lowest BCUT2D eigenvalue weighted by molar-refractivity contribution is 0.465. The smallest absolute Gasteiger partial charge is 0.154 e. The minimum atomic E-state index is -0.103. The van der Waals surface area contributed by atoms with Gasteiger partial charge in [0.25, 0.3) is 0 Å². The molecule has 0 spiro atoms. The molecule has 2 rings (SSSR count). The summed E-state index contributed by atoms with van der Waals surface area (Å²) >= 11 is 12.0. The van der Waals surface area contributed by atoms with E-state index in [1.807, 2.05) is 32.9 Å². The Bertz CT molecular complexity index is 621. The van der Waals surface area contributed by atoms with Gasteiger partial charge in [-0.25, -0.2) is 4.98 Å². The fourth-order valence-electron chi connectivity index (χ4n) is 2.08. The van der Waals surface area contributed by atoms with Gasteiger partial charge in [-0.2, -0.15) is 0 Å². The van der Waals surface area contributed by atoms with Crippen molar-refractivity contribution in [1.82, 2.24) is 4.98 Å². The van der Waals surface area contributed by atoms with Crippen LogP contribution in [0.25, 0.3) is 0 Å². The number of hydrogen-bond acceptors (Lipinski definition) is 3. The summed E-state index contributed by atoms with van der Waals surface area (Å²) in [4.78, 5) is 4.03. The molecule has 0 saturated heterocycles. The highest BCUT2D eigenvalue weighted by Crippen LogP contribution is 2.32. The summed E-state index contributed by atoms with van der Waals surface area (Å²) in [7, 11) is 0. The molecule has 1 aromatic heterocycles. The summed E-state index contributed by atoms with van der Waals surface area (Å²) < 4.78 is 0. The van der Waals surface area contributed by atoms with Crippen molar-refractivity contribution in [2.75, 3.05) is 5.32 Å². The third kappa shape index (κ3) is 3.17. The van der Waals surface area contributed by atoms with Gasteiger partial charge in [0.1, 0.15) is 10.9 Å². The Labute approximate surface area is 128 Å². The highest BCUT2D eigenvalue weighted by Gasteiger charge is 2.14. The Hall–Kier alpha value is -1.45. The maximum absolute atomic E-state index is 9.96. The molecule has 1 aromatic carbocycles. The quantitative estimate of drug-likeness (QED) is 0.794. The molecule has 106 valence electrons. The molecular weight excluding hydrogens is 295 g/mol. The third-order valence-corrected chi connectivity index (χ3v) is 3.62. The Morgan fingerprint density at radius 3 is 2.55 bits per heavy atom. The van der Waals surface area contributed by atoms with Gasteiger partial charge in [-0.3, -0.25) is 0 Å². The van der Waals surface area contributed by atoms with E-state index in [4.69, 9.17) is 23.2 Å². The number of aryl methyl sites for hydroxylation is 2. The molecule has 0 radical (unpaired) electrons. The fraction of sp³-hybridized carbons (Fsp3) is 0.267. The number of phenolic OH excluding ortho intramolecular Hbond substituents is 1. The normalized spacial score (nSPS) is 12.2. The van der Waals surface area contributed by atoms with Crippen molar-refractivity contribution < 1.29 is 5.11 Å². The molecule has 1 heterocycles. The second kappa shape index (κ2) is 5.90. The van der Waals surface area contributed by atoms with Crippen molar-refractivity contribution in [1.29, 1.82) is 0 Å². The predicted molar refractivity (Wildman–Crippen MR) is 83.9 cm³/mol. The Morgan fingerprint density at radius 2 is 1.90 bits per heavy atom. The molecule has 1 unspecified atom stereocenters. The highest BCUT2D eigenvalue weighted by atomic mass is 35.5. The van der Waals surface area contributed by atoms with Gasteiger partial charge in [-0.1, -0.05) is 40.9 Å².